The highest BCUT2D eigenvalue weighted by Crippen LogP contribution is 2.30. The largest absolute Gasteiger partial charge is 0.473 e. The fourth-order valence-electron chi connectivity index (χ4n) is 2.74. The summed E-state index contributed by atoms with van der Waals surface area (Å²) in [6, 6.07) is 4.14. The summed E-state index contributed by atoms with van der Waals surface area (Å²) in [6.07, 6.45) is 6.87. The Kier molecular flexibility index (Phi) is 3.64. The third-order valence-corrected chi connectivity index (χ3v) is 3.76. The van der Waals surface area contributed by atoms with E-state index >= 15 is 0 Å². The third-order valence-electron chi connectivity index (χ3n) is 3.76. The molecule has 1 N–H and O–H groups in total. The lowest BCUT2D eigenvalue weighted by Crippen LogP contribution is -2.34. The minimum atomic E-state index is 0.322. The standard InChI is InChI=1S/C14H21N3O/c1-2-11-17(10-1)13-4-3-7-16-14(13)18-12-5-8-15-9-6-12/h3-4,7,12,15H,1-2,5-6,8-11H2. The average molecular weight is 247 g/mol. The monoisotopic (exact) mass is 247 g/mol. The lowest BCUT2D eigenvalue weighted by atomic mass is 10.1. The van der Waals surface area contributed by atoms with Crippen molar-refractivity contribution in [1.29, 1.82) is 0 Å². The van der Waals surface area contributed by atoms with Gasteiger partial charge in [0, 0.05) is 19.3 Å². The van der Waals surface area contributed by atoms with E-state index in [4.69, 9.17) is 4.74 Å². The van der Waals surface area contributed by atoms with Crippen LogP contribution < -0.4 is 15.0 Å². The number of aromatic nitrogens is 1. The van der Waals surface area contributed by atoms with Crippen LogP contribution in [0.3, 0.4) is 0 Å². The van der Waals surface area contributed by atoms with Crippen LogP contribution >= 0.6 is 0 Å². The molecule has 4 heteroatoms. The van der Waals surface area contributed by atoms with Crippen LogP contribution in [0.15, 0.2) is 18.3 Å². The van der Waals surface area contributed by atoms with Crippen LogP contribution in [0.2, 0.25) is 0 Å². The number of hydrogen-bond acceptors (Lipinski definition) is 4. The summed E-state index contributed by atoms with van der Waals surface area (Å²) in [7, 11) is 0. The second-order valence-electron chi connectivity index (χ2n) is 5.09. The van der Waals surface area contributed by atoms with Gasteiger partial charge in [-0.1, -0.05) is 0 Å². The van der Waals surface area contributed by atoms with Crippen molar-refractivity contribution in [2.75, 3.05) is 31.1 Å². The van der Waals surface area contributed by atoms with Crippen molar-refractivity contribution in [3.05, 3.63) is 18.3 Å². The number of hydrogen-bond donors (Lipinski definition) is 1. The molecule has 2 aliphatic rings. The molecule has 4 nitrogen and oxygen atoms in total. The highest BCUT2D eigenvalue weighted by molar-refractivity contribution is 5.55. The van der Waals surface area contributed by atoms with Gasteiger partial charge in [0.1, 0.15) is 6.10 Å². The molecule has 98 valence electrons. The minimum absolute atomic E-state index is 0.322. The zero-order valence-electron chi connectivity index (χ0n) is 10.8. The Hall–Kier alpha value is -1.29. The van der Waals surface area contributed by atoms with Gasteiger partial charge >= 0.3 is 0 Å². The summed E-state index contributed by atoms with van der Waals surface area (Å²) in [5.41, 5.74) is 1.17. The van der Waals surface area contributed by atoms with E-state index < -0.39 is 0 Å². The van der Waals surface area contributed by atoms with Crippen LogP contribution in [-0.4, -0.2) is 37.3 Å². The molecule has 0 aromatic carbocycles. The number of rotatable bonds is 3. The van der Waals surface area contributed by atoms with E-state index in [1.165, 1.54) is 18.5 Å². The van der Waals surface area contributed by atoms with Crippen molar-refractivity contribution < 1.29 is 4.74 Å². The maximum atomic E-state index is 6.11. The second kappa shape index (κ2) is 5.57. The van der Waals surface area contributed by atoms with Crippen LogP contribution in [0.5, 0.6) is 5.88 Å². The Balaban J connectivity index is 1.73. The van der Waals surface area contributed by atoms with Gasteiger partial charge in [0.05, 0.1) is 5.69 Å². The molecule has 0 spiro atoms. The first-order valence-corrected chi connectivity index (χ1v) is 7.01. The normalized spacial score (nSPS) is 21.2. The van der Waals surface area contributed by atoms with Gasteiger partial charge in [-0.15, -0.1) is 0 Å². The molecule has 1 aromatic rings. The Morgan fingerprint density at radius 2 is 2.00 bits per heavy atom. The molecule has 0 amide bonds. The summed E-state index contributed by atoms with van der Waals surface area (Å²) >= 11 is 0. The molecule has 0 radical (unpaired) electrons. The predicted octanol–water partition coefficient (Wildman–Crippen LogP) is 1.81. The molecule has 2 saturated heterocycles. The van der Waals surface area contributed by atoms with E-state index in [0.29, 0.717) is 6.10 Å². The van der Waals surface area contributed by atoms with Gasteiger partial charge in [0.25, 0.3) is 0 Å². The SMILES string of the molecule is c1cnc(OC2CCNCC2)c(N2CCCC2)c1. The van der Waals surface area contributed by atoms with Gasteiger partial charge in [-0.2, -0.15) is 0 Å². The highest BCUT2D eigenvalue weighted by Gasteiger charge is 2.20. The van der Waals surface area contributed by atoms with Crippen molar-refractivity contribution >= 4 is 5.69 Å². The van der Waals surface area contributed by atoms with E-state index in [1.54, 1.807) is 0 Å². The average Bonchev–Trinajstić information content (AvgIpc) is 2.94. The molecular weight excluding hydrogens is 226 g/mol. The van der Waals surface area contributed by atoms with Crippen molar-refractivity contribution in [3.63, 3.8) is 0 Å². The third kappa shape index (κ3) is 2.58. The number of nitrogens with one attached hydrogen (secondary N) is 1. The topological polar surface area (TPSA) is 37.4 Å². The maximum Gasteiger partial charge on any atom is 0.237 e. The molecule has 1 aromatic heterocycles. The van der Waals surface area contributed by atoms with Crippen LogP contribution in [0, 0.1) is 0 Å². The molecule has 2 fully saturated rings. The van der Waals surface area contributed by atoms with Crippen molar-refractivity contribution in [2.45, 2.75) is 31.8 Å². The highest BCUT2D eigenvalue weighted by atomic mass is 16.5. The quantitative estimate of drug-likeness (QED) is 0.884. The molecule has 0 saturated carbocycles. The second-order valence-corrected chi connectivity index (χ2v) is 5.09. The van der Waals surface area contributed by atoms with Gasteiger partial charge in [0.15, 0.2) is 0 Å². The Bertz CT molecular complexity index is 384. The fraction of sp³-hybridized carbons (Fsp3) is 0.643. The first-order chi connectivity index (χ1) is 8.93. The molecule has 0 aliphatic carbocycles. The van der Waals surface area contributed by atoms with Gasteiger partial charge < -0.3 is 15.0 Å². The summed E-state index contributed by atoms with van der Waals surface area (Å²) in [4.78, 5) is 6.83. The first-order valence-electron chi connectivity index (χ1n) is 7.01. The van der Waals surface area contributed by atoms with Crippen LogP contribution in [-0.2, 0) is 0 Å². The number of nitrogens with zero attached hydrogens (tertiary/aromatic N) is 2. The predicted molar refractivity (Wildman–Crippen MR) is 72.2 cm³/mol. The number of anilines is 1. The van der Waals surface area contributed by atoms with Crippen molar-refractivity contribution in [2.24, 2.45) is 0 Å². The Morgan fingerprint density at radius 1 is 1.22 bits per heavy atom. The lowest BCUT2D eigenvalue weighted by Gasteiger charge is -2.26. The number of ether oxygens (including phenoxy) is 1. The van der Waals surface area contributed by atoms with Crippen molar-refractivity contribution in [3.8, 4) is 5.88 Å². The molecule has 0 atom stereocenters. The van der Waals surface area contributed by atoms with Gasteiger partial charge in [-0.3, -0.25) is 0 Å². The van der Waals surface area contributed by atoms with Gasteiger partial charge in [0.2, 0.25) is 5.88 Å². The number of piperidine rings is 1. The summed E-state index contributed by atoms with van der Waals surface area (Å²) < 4.78 is 6.11. The van der Waals surface area contributed by atoms with Crippen LogP contribution in [0.25, 0.3) is 0 Å². The maximum absolute atomic E-state index is 6.11. The van der Waals surface area contributed by atoms with E-state index in [9.17, 15) is 0 Å². The van der Waals surface area contributed by atoms with Crippen LogP contribution in [0.4, 0.5) is 5.69 Å². The molecule has 2 aliphatic heterocycles. The van der Waals surface area contributed by atoms with E-state index in [1.807, 2.05) is 12.3 Å². The summed E-state index contributed by atoms with van der Waals surface area (Å²) in [6.45, 7) is 4.37. The minimum Gasteiger partial charge on any atom is -0.473 e. The molecule has 3 rings (SSSR count). The van der Waals surface area contributed by atoms with E-state index in [0.717, 1.165) is 44.9 Å². The smallest absolute Gasteiger partial charge is 0.237 e. The molecular formula is C14H21N3O. The fourth-order valence-corrected chi connectivity index (χ4v) is 2.74. The van der Waals surface area contributed by atoms with E-state index in [2.05, 4.69) is 21.3 Å². The number of pyridine rings is 1. The van der Waals surface area contributed by atoms with Crippen molar-refractivity contribution in [1.82, 2.24) is 10.3 Å². The lowest BCUT2D eigenvalue weighted by molar-refractivity contribution is 0.156. The zero-order chi connectivity index (χ0) is 12.2. The summed E-state index contributed by atoms with van der Waals surface area (Å²) in [5.74, 6) is 0.825. The summed E-state index contributed by atoms with van der Waals surface area (Å²) in [5, 5.41) is 3.36. The van der Waals surface area contributed by atoms with E-state index in [-0.39, 0.29) is 0 Å². The van der Waals surface area contributed by atoms with Crippen LogP contribution in [0.1, 0.15) is 25.7 Å². The Morgan fingerprint density at radius 3 is 2.78 bits per heavy atom. The molecule has 3 heterocycles. The van der Waals surface area contributed by atoms with Gasteiger partial charge in [-0.25, -0.2) is 4.98 Å². The Labute approximate surface area is 108 Å². The molecule has 0 unspecified atom stereocenters. The first kappa shape index (κ1) is 11.8. The molecule has 18 heavy (non-hydrogen) atoms. The zero-order valence-corrected chi connectivity index (χ0v) is 10.8. The molecule has 0 bridgehead atoms. The van der Waals surface area contributed by atoms with Gasteiger partial charge in [-0.05, 0) is 50.9 Å².